The Hall–Kier alpha value is -2.18. The molecule has 1 spiro atoms. The molecule has 0 saturated carbocycles. The number of nitrogens with one attached hydrogen (secondary N) is 1. The number of hydrogen-bond acceptors (Lipinski definition) is 4. The first kappa shape index (κ1) is 15.4. The molecule has 126 valence electrons. The number of benzene rings is 1. The van der Waals surface area contributed by atoms with E-state index in [9.17, 15) is 4.79 Å². The van der Waals surface area contributed by atoms with Crippen LogP contribution in [-0.2, 0) is 9.53 Å². The monoisotopic (exact) mass is 326 g/mol. The van der Waals surface area contributed by atoms with E-state index in [-0.39, 0.29) is 12.1 Å². The van der Waals surface area contributed by atoms with E-state index in [1.54, 1.807) is 4.90 Å². The molecule has 2 fully saturated rings. The van der Waals surface area contributed by atoms with Crippen LogP contribution >= 0.6 is 0 Å². The molecule has 1 aromatic carbocycles. The Labute approximate surface area is 141 Å². The first-order valence-electron chi connectivity index (χ1n) is 8.33. The van der Waals surface area contributed by atoms with Gasteiger partial charge in [-0.05, 0) is 37.5 Å². The number of rotatable bonds is 2. The number of likely N-dealkylation sites (N-methyl/N-ethyl adjacent to an activating group) is 1. The lowest BCUT2D eigenvalue weighted by Crippen LogP contribution is -2.50. The summed E-state index contributed by atoms with van der Waals surface area (Å²) >= 11 is 0. The van der Waals surface area contributed by atoms with Crippen LogP contribution in [0.3, 0.4) is 0 Å². The van der Waals surface area contributed by atoms with Gasteiger partial charge >= 0.3 is 0 Å². The number of amides is 1. The van der Waals surface area contributed by atoms with Crippen LogP contribution in [0.15, 0.2) is 36.7 Å². The average Bonchev–Trinajstić information content (AvgIpc) is 3.16. The molecule has 4 rings (SSSR count). The van der Waals surface area contributed by atoms with Crippen molar-refractivity contribution in [1.82, 2.24) is 20.0 Å². The van der Waals surface area contributed by atoms with Gasteiger partial charge in [-0.3, -0.25) is 10.1 Å². The predicted molar refractivity (Wildman–Crippen MR) is 89.7 cm³/mol. The number of aryl methyl sites for hydroxylation is 1. The molecule has 1 amide bonds. The summed E-state index contributed by atoms with van der Waals surface area (Å²) in [6, 6.07) is 8.20. The molecule has 24 heavy (non-hydrogen) atoms. The molecule has 2 aliphatic heterocycles. The number of ether oxygens (including phenoxy) is 1. The lowest BCUT2D eigenvalue weighted by Gasteiger charge is -2.31. The molecule has 1 atom stereocenters. The maximum Gasteiger partial charge on any atom is 0.244 e. The van der Waals surface area contributed by atoms with E-state index in [2.05, 4.69) is 29.5 Å². The average molecular weight is 326 g/mol. The van der Waals surface area contributed by atoms with E-state index in [0.29, 0.717) is 13.2 Å². The van der Waals surface area contributed by atoms with Crippen LogP contribution < -0.4 is 5.32 Å². The molecule has 2 aromatic rings. The zero-order valence-electron chi connectivity index (χ0n) is 14.0. The van der Waals surface area contributed by atoms with E-state index >= 15 is 0 Å². The van der Waals surface area contributed by atoms with Gasteiger partial charge in [0.1, 0.15) is 11.7 Å². The third kappa shape index (κ3) is 2.42. The van der Waals surface area contributed by atoms with Crippen LogP contribution in [0.1, 0.15) is 30.1 Å². The van der Waals surface area contributed by atoms with Gasteiger partial charge in [-0.2, -0.15) is 5.10 Å². The highest BCUT2D eigenvalue weighted by Crippen LogP contribution is 2.35. The molecule has 0 aliphatic carbocycles. The highest BCUT2D eigenvalue weighted by molar-refractivity contribution is 5.89. The van der Waals surface area contributed by atoms with E-state index in [4.69, 9.17) is 4.74 Å². The number of hydrogen-bond donors (Lipinski definition) is 1. The van der Waals surface area contributed by atoms with Gasteiger partial charge in [-0.1, -0.05) is 12.1 Å². The summed E-state index contributed by atoms with van der Waals surface area (Å²) in [5.41, 5.74) is 2.73. The van der Waals surface area contributed by atoms with Crippen LogP contribution in [0.5, 0.6) is 0 Å². The Kier molecular flexibility index (Phi) is 3.66. The quantitative estimate of drug-likeness (QED) is 0.914. The Morgan fingerprint density at radius 2 is 2.12 bits per heavy atom. The zero-order valence-corrected chi connectivity index (χ0v) is 14.0. The van der Waals surface area contributed by atoms with Crippen molar-refractivity contribution in [1.29, 1.82) is 0 Å². The van der Waals surface area contributed by atoms with Gasteiger partial charge in [0.05, 0.1) is 11.9 Å². The van der Waals surface area contributed by atoms with Gasteiger partial charge < -0.3 is 9.64 Å². The summed E-state index contributed by atoms with van der Waals surface area (Å²) in [6.45, 7) is 3.32. The van der Waals surface area contributed by atoms with E-state index in [0.717, 1.165) is 24.1 Å². The lowest BCUT2D eigenvalue weighted by molar-refractivity contribution is -0.134. The Morgan fingerprint density at radius 3 is 2.88 bits per heavy atom. The SMILES string of the molecule is Cc1cccc(-n2cc(C3NC4(CCOCC4)C(=O)N3C)cn2)c1. The van der Waals surface area contributed by atoms with Crippen molar-refractivity contribution in [3.8, 4) is 5.69 Å². The Bertz CT molecular complexity index is 764. The largest absolute Gasteiger partial charge is 0.381 e. The number of carbonyl (C=O) groups is 1. The van der Waals surface area contributed by atoms with E-state index in [1.165, 1.54) is 5.56 Å². The topological polar surface area (TPSA) is 59.4 Å². The zero-order chi connectivity index (χ0) is 16.7. The maximum absolute atomic E-state index is 12.8. The third-order valence-corrected chi connectivity index (χ3v) is 5.06. The number of nitrogens with zero attached hydrogens (tertiary/aromatic N) is 3. The first-order chi connectivity index (χ1) is 11.6. The molecule has 6 nitrogen and oxygen atoms in total. The third-order valence-electron chi connectivity index (χ3n) is 5.06. The Balaban J connectivity index is 1.62. The normalized spacial score (nSPS) is 23.2. The fourth-order valence-corrected chi connectivity index (χ4v) is 3.65. The lowest BCUT2D eigenvalue weighted by atomic mass is 9.90. The van der Waals surface area contributed by atoms with Crippen molar-refractivity contribution in [2.75, 3.05) is 20.3 Å². The molecular weight excluding hydrogens is 304 g/mol. The summed E-state index contributed by atoms with van der Waals surface area (Å²) in [4.78, 5) is 14.6. The molecule has 1 N–H and O–H groups in total. The standard InChI is InChI=1S/C18H22N4O2/c1-13-4-3-5-15(10-13)22-12-14(11-19-22)16-20-18(17(23)21(16)2)6-8-24-9-7-18/h3-5,10-12,16,20H,6-9H2,1-2H3. The van der Waals surface area contributed by atoms with Crippen LogP contribution in [0.4, 0.5) is 0 Å². The highest BCUT2D eigenvalue weighted by Gasteiger charge is 2.50. The second kappa shape index (κ2) is 5.72. The molecule has 0 radical (unpaired) electrons. The van der Waals surface area contributed by atoms with Gasteiger partial charge in [-0.25, -0.2) is 4.68 Å². The van der Waals surface area contributed by atoms with Gasteiger partial charge in [0.25, 0.3) is 0 Å². The van der Waals surface area contributed by atoms with E-state index < -0.39 is 5.54 Å². The molecule has 3 heterocycles. The van der Waals surface area contributed by atoms with Crippen molar-refractivity contribution in [2.24, 2.45) is 0 Å². The molecule has 2 aliphatic rings. The minimum absolute atomic E-state index is 0.144. The van der Waals surface area contributed by atoms with Crippen molar-refractivity contribution >= 4 is 5.91 Å². The summed E-state index contributed by atoms with van der Waals surface area (Å²) in [5.74, 6) is 0.152. The predicted octanol–water partition coefficient (Wildman–Crippen LogP) is 1.79. The van der Waals surface area contributed by atoms with Gasteiger partial charge in [0, 0.05) is 32.0 Å². The van der Waals surface area contributed by atoms with Crippen molar-refractivity contribution in [3.05, 3.63) is 47.8 Å². The fraction of sp³-hybridized carbons (Fsp3) is 0.444. The summed E-state index contributed by atoms with van der Waals surface area (Å²) in [7, 11) is 1.86. The minimum atomic E-state index is -0.483. The smallest absolute Gasteiger partial charge is 0.244 e. The van der Waals surface area contributed by atoms with Crippen molar-refractivity contribution in [2.45, 2.75) is 31.5 Å². The second-order valence-electron chi connectivity index (χ2n) is 6.71. The summed E-state index contributed by atoms with van der Waals surface area (Å²) in [5, 5.41) is 8.02. The van der Waals surface area contributed by atoms with Gasteiger partial charge in [0.2, 0.25) is 5.91 Å². The minimum Gasteiger partial charge on any atom is -0.381 e. The second-order valence-corrected chi connectivity index (χ2v) is 6.71. The molecule has 2 saturated heterocycles. The van der Waals surface area contributed by atoms with Crippen molar-refractivity contribution < 1.29 is 9.53 Å². The summed E-state index contributed by atoms with van der Waals surface area (Å²) in [6.07, 6.45) is 5.13. The number of aromatic nitrogens is 2. The fourth-order valence-electron chi connectivity index (χ4n) is 3.65. The van der Waals surface area contributed by atoms with Crippen LogP contribution in [0.2, 0.25) is 0 Å². The molecule has 0 bridgehead atoms. The van der Waals surface area contributed by atoms with Crippen LogP contribution in [0, 0.1) is 6.92 Å². The Morgan fingerprint density at radius 1 is 1.33 bits per heavy atom. The van der Waals surface area contributed by atoms with Gasteiger partial charge in [-0.15, -0.1) is 0 Å². The van der Waals surface area contributed by atoms with Crippen molar-refractivity contribution in [3.63, 3.8) is 0 Å². The molecule has 6 heteroatoms. The highest BCUT2D eigenvalue weighted by atomic mass is 16.5. The molecule has 1 aromatic heterocycles. The maximum atomic E-state index is 12.8. The molecule has 1 unspecified atom stereocenters. The van der Waals surface area contributed by atoms with Gasteiger partial charge in [0.15, 0.2) is 0 Å². The van der Waals surface area contributed by atoms with E-state index in [1.807, 2.05) is 36.3 Å². The van der Waals surface area contributed by atoms with Crippen LogP contribution in [0.25, 0.3) is 5.69 Å². The first-order valence-corrected chi connectivity index (χ1v) is 8.33. The molecular formula is C18H22N4O2. The summed E-state index contributed by atoms with van der Waals surface area (Å²) < 4.78 is 7.29. The van der Waals surface area contributed by atoms with Crippen LogP contribution in [-0.4, -0.2) is 46.4 Å². The number of carbonyl (C=O) groups excluding carboxylic acids is 1.